The lowest BCUT2D eigenvalue weighted by Gasteiger charge is -2.03. The normalized spacial score (nSPS) is 14.9. The highest BCUT2D eigenvalue weighted by Crippen LogP contribution is 2.23. The number of rotatable bonds is 1. The van der Waals surface area contributed by atoms with Gasteiger partial charge in [-0.15, -0.1) is 0 Å². The number of carbonyl (C=O) groups excluding carboxylic acids is 2. The fourth-order valence-corrected chi connectivity index (χ4v) is 2.43. The minimum Gasteiger partial charge on any atom is -0.288 e. The van der Waals surface area contributed by atoms with E-state index in [4.69, 9.17) is 0 Å². The molecular weight excluding hydrogens is 232 g/mol. The molecule has 0 unspecified atom stereocenters. The molecule has 1 N–H and O–H groups in total. The molecule has 16 heavy (non-hydrogen) atoms. The summed E-state index contributed by atoms with van der Waals surface area (Å²) in [6.07, 6.45) is 0.950. The standard InChI is InChI=1S/C9H8N2O4S/c1-4-3-5-6(8(13)11-7(5)12)9(10-4)16(2,14)15/h3H,1-2H3,(H,11,12,13). The first-order valence-electron chi connectivity index (χ1n) is 4.38. The molecule has 0 bridgehead atoms. The summed E-state index contributed by atoms with van der Waals surface area (Å²) in [6, 6.07) is 1.39. The molecule has 2 amide bonds. The minimum atomic E-state index is -3.63. The number of nitrogens with zero attached hydrogens (tertiary/aromatic N) is 1. The van der Waals surface area contributed by atoms with Gasteiger partial charge in [-0.2, -0.15) is 0 Å². The van der Waals surface area contributed by atoms with Crippen molar-refractivity contribution in [1.29, 1.82) is 0 Å². The molecule has 0 aromatic carbocycles. The van der Waals surface area contributed by atoms with E-state index in [0.29, 0.717) is 5.69 Å². The van der Waals surface area contributed by atoms with Gasteiger partial charge in [0.1, 0.15) is 0 Å². The highest BCUT2D eigenvalue weighted by molar-refractivity contribution is 7.90. The van der Waals surface area contributed by atoms with Crippen molar-refractivity contribution in [3.63, 3.8) is 0 Å². The minimum absolute atomic E-state index is 0.0675. The van der Waals surface area contributed by atoms with Crippen LogP contribution in [0.1, 0.15) is 26.4 Å². The second-order valence-corrected chi connectivity index (χ2v) is 5.48. The highest BCUT2D eigenvalue weighted by Gasteiger charge is 2.34. The van der Waals surface area contributed by atoms with Gasteiger partial charge in [-0.3, -0.25) is 14.9 Å². The lowest BCUT2D eigenvalue weighted by atomic mass is 10.1. The smallest absolute Gasteiger partial charge is 0.261 e. The van der Waals surface area contributed by atoms with Crippen molar-refractivity contribution in [3.05, 3.63) is 22.9 Å². The number of pyridine rings is 1. The molecule has 0 atom stereocenters. The molecule has 1 aliphatic heterocycles. The number of carbonyl (C=O) groups is 2. The van der Waals surface area contributed by atoms with Crippen LogP contribution in [0.3, 0.4) is 0 Å². The summed E-state index contributed by atoms with van der Waals surface area (Å²) in [4.78, 5) is 26.6. The van der Waals surface area contributed by atoms with Gasteiger partial charge in [-0.1, -0.05) is 0 Å². The van der Waals surface area contributed by atoms with Crippen LogP contribution in [-0.2, 0) is 9.84 Å². The second-order valence-electron chi connectivity index (χ2n) is 3.55. The van der Waals surface area contributed by atoms with Crippen LogP contribution in [0.25, 0.3) is 0 Å². The molecule has 1 aromatic rings. The van der Waals surface area contributed by atoms with E-state index in [1.165, 1.54) is 6.07 Å². The van der Waals surface area contributed by atoms with Crippen molar-refractivity contribution in [2.45, 2.75) is 11.9 Å². The Morgan fingerprint density at radius 1 is 1.25 bits per heavy atom. The zero-order valence-corrected chi connectivity index (χ0v) is 9.38. The number of hydrogen-bond acceptors (Lipinski definition) is 5. The Kier molecular flexibility index (Phi) is 2.09. The topological polar surface area (TPSA) is 93.2 Å². The fourth-order valence-electron chi connectivity index (χ4n) is 1.54. The summed E-state index contributed by atoms with van der Waals surface area (Å²) in [5, 5.41) is 1.70. The number of aryl methyl sites for hydroxylation is 1. The molecule has 2 heterocycles. The molecule has 1 aromatic heterocycles. The Balaban J connectivity index is 2.88. The van der Waals surface area contributed by atoms with Crippen molar-refractivity contribution in [3.8, 4) is 0 Å². The molecule has 0 spiro atoms. The largest absolute Gasteiger partial charge is 0.288 e. The van der Waals surface area contributed by atoms with E-state index in [0.717, 1.165) is 6.26 Å². The fraction of sp³-hybridized carbons (Fsp3) is 0.222. The molecule has 0 saturated carbocycles. The molecule has 84 valence electrons. The van der Waals surface area contributed by atoms with Crippen LogP contribution < -0.4 is 5.32 Å². The quantitative estimate of drug-likeness (QED) is 0.679. The van der Waals surface area contributed by atoms with E-state index >= 15 is 0 Å². The maximum atomic E-state index is 11.4. The summed E-state index contributed by atoms with van der Waals surface area (Å²) in [6.45, 7) is 1.56. The zero-order valence-electron chi connectivity index (χ0n) is 8.57. The van der Waals surface area contributed by atoms with Gasteiger partial charge in [0.15, 0.2) is 14.9 Å². The lowest BCUT2D eigenvalue weighted by molar-refractivity contribution is 0.0878. The number of nitrogens with one attached hydrogen (secondary N) is 1. The van der Waals surface area contributed by atoms with E-state index in [9.17, 15) is 18.0 Å². The molecular formula is C9H8N2O4S. The van der Waals surface area contributed by atoms with Crippen molar-refractivity contribution < 1.29 is 18.0 Å². The highest BCUT2D eigenvalue weighted by atomic mass is 32.2. The number of imide groups is 1. The van der Waals surface area contributed by atoms with Crippen LogP contribution in [0.2, 0.25) is 0 Å². The van der Waals surface area contributed by atoms with Gasteiger partial charge in [0.2, 0.25) is 0 Å². The third-order valence-corrected chi connectivity index (χ3v) is 3.16. The maximum absolute atomic E-state index is 11.4. The van der Waals surface area contributed by atoms with Crippen LogP contribution in [0.4, 0.5) is 0 Å². The van der Waals surface area contributed by atoms with Crippen LogP contribution in [0, 0.1) is 6.92 Å². The van der Waals surface area contributed by atoms with Crippen LogP contribution in [0.15, 0.2) is 11.1 Å². The van der Waals surface area contributed by atoms with Crippen molar-refractivity contribution in [2.75, 3.05) is 6.26 Å². The summed E-state index contributed by atoms with van der Waals surface area (Å²) in [5.41, 5.74) is 0.292. The zero-order chi connectivity index (χ0) is 12.1. The molecule has 0 saturated heterocycles. The van der Waals surface area contributed by atoms with Crippen LogP contribution in [-0.4, -0.2) is 31.5 Å². The van der Waals surface area contributed by atoms with Crippen LogP contribution in [0.5, 0.6) is 0 Å². The van der Waals surface area contributed by atoms with E-state index in [1.807, 2.05) is 5.32 Å². The molecule has 2 rings (SSSR count). The van der Waals surface area contributed by atoms with E-state index < -0.39 is 21.7 Å². The number of amides is 2. The summed E-state index contributed by atoms with van der Waals surface area (Å²) in [5.74, 6) is -1.30. The molecule has 0 radical (unpaired) electrons. The average molecular weight is 240 g/mol. The Labute approximate surface area is 91.6 Å². The van der Waals surface area contributed by atoms with Crippen molar-refractivity contribution >= 4 is 21.7 Å². The predicted octanol–water partition coefficient (Wildman–Crippen LogP) is -0.323. The molecule has 6 nitrogen and oxygen atoms in total. The lowest BCUT2D eigenvalue weighted by Crippen LogP contribution is -2.20. The SMILES string of the molecule is Cc1cc2c(c(S(C)(=O)=O)n1)C(=O)NC2=O. The Bertz CT molecular complexity index is 619. The Morgan fingerprint density at radius 3 is 2.44 bits per heavy atom. The first-order valence-corrected chi connectivity index (χ1v) is 6.27. The van der Waals surface area contributed by atoms with Crippen LogP contribution >= 0.6 is 0 Å². The number of aromatic nitrogens is 1. The van der Waals surface area contributed by atoms with Gasteiger partial charge >= 0.3 is 0 Å². The van der Waals surface area contributed by atoms with E-state index in [2.05, 4.69) is 4.98 Å². The first-order chi connectivity index (χ1) is 7.30. The van der Waals surface area contributed by atoms with Crippen molar-refractivity contribution in [2.24, 2.45) is 0 Å². The first kappa shape index (κ1) is 10.7. The van der Waals surface area contributed by atoms with Gasteiger partial charge in [-0.25, -0.2) is 13.4 Å². The van der Waals surface area contributed by atoms with Gasteiger partial charge in [0.05, 0.1) is 11.1 Å². The number of fused-ring (bicyclic) bond motifs is 1. The predicted molar refractivity (Wildman–Crippen MR) is 53.9 cm³/mol. The monoisotopic (exact) mass is 240 g/mol. The average Bonchev–Trinajstić information content (AvgIpc) is 2.40. The maximum Gasteiger partial charge on any atom is 0.261 e. The molecule has 0 aliphatic carbocycles. The third kappa shape index (κ3) is 1.49. The van der Waals surface area contributed by atoms with Gasteiger partial charge < -0.3 is 0 Å². The Hall–Kier alpha value is -1.76. The van der Waals surface area contributed by atoms with E-state index in [1.54, 1.807) is 6.92 Å². The summed E-state index contributed by atoms with van der Waals surface area (Å²) < 4.78 is 22.9. The Morgan fingerprint density at radius 2 is 1.88 bits per heavy atom. The van der Waals surface area contributed by atoms with Gasteiger partial charge in [0, 0.05) is 11.9 Å². The molecule has 0 fully saturated rings. The van der Waals surface area contributed by atoms with Crippen molar-refractivity contribution in [1.82, 2.24) is 10.3 Å². The second kappa shape index (κ2) is 3.11. The molecule has 7 heteroatoms. The summed E-state index contributed by atoms with van der Waals surface area (Å²) in [7, 11) is -3.63. The number of sulfone groups is 1. The van der Waals surface area contributed by atoms with E-state index in [-0.39, 0.29) is 16.2 Å². The third-order valence-electron chi connectivity index (χ3n) is 2.16. The van der Waals surface area contributed by atoms with Gasteiger partial charge in [-0.05, 0) is 13.0 Å². The molecule has 1 aliphatic rings. The van der Waals surface area contributed by atoms with Gasteiger partial charge in [0.25, 0.3) is 11.8 Å². The number of hydrogen-bond donors (Lipinski definition) is 1. The summed E-state index contributed by atoms with van der Waals surface area (Å²) >= 11 is 0.